The van der Waals surface area contributed by atoms with Gasteiger partial charge in [0.1, 0.15) is 6.10 Å². The summed E-state index contributed by atoms with van der Waals surface area (Å²) in [6.07, 6.45) is 9.42. The monoisotopic (exact) mass is 236 g/mol. The summed E-state index contributed by atoms with van der Waals surface area (Å²) in [6.45, 7) is 6.98. The molecule has 0 atom stereocenters. The second-order valence-electron chi connectivity index (χ2n) is 6.08. The molecule has 17 heavy (non-hydrogen) atoms. The molecule has 2 aliphatic rings. The summed E-state index contributed by atoms with van der Waals surface area (Å²) in [6, 6.07) is 0. The van der Waals surface area contributed by atoms with Gasteiger partial charge in [-0.2, -0.15) is 5.26 Å². The zero-order chi connectivity index (χ0) is 12.3. The highest BCUT2D eigenvalue weighted by atomic mass is 16.5. The number of likely N-dealkylation sites (tertiary alicyclic amines) is 1. The molecule has 0 bridgehead atoms. The fraction of sp³-hybridized carbons (Fsp3) is 0.929. The van der Waals surface area contributed by atoms with Gasteiger partial charge in [-0.1, -0.05) is 6.92 Å². The minimum Gasteiger partial charge on any atom is -0.424 e. The van der Waals surface area contributed by atoms with Crippen molar-refractivity contribution in [1.29, 1.82) is 5.26 Å². The third-order valence-electron chi connectivity index (χ3n) is 4.78. The van der Waals surface area contributed by atoms with Crippen molar-refractivity contribution in [3.63, 3.8) is 0 Å². The molecule has 0 spiro atoms. The largest absolute Gasteiger partial charge is 0.424 e. The van der Waals surface area contributed by atoms with E-state index in [2.05, 4.69) is 18.7 Å². The van der Waals surface area contributed by atoms with Crippen LogP contribution in [-0.4, -0.2) is 29.6 Å². The summed E-state index contributed by atoms with van der Waals surface area (Å²) in [5, 5.41) is 8.53. The Morgan fingerprint density at radius 3 is 2.29 bits per heavy atom. The van der Waals surface area contributed by atoms with Gasteiger partial charge in [0.05, 0.1) is 0 Å². The molecule has 3 heteroatoms. The van der Waals surface area contributed by atoms with Crippen molar-refractivity contribution in [3.05, 3.63) is 0 Å². The van der Waals surface area contributed by atoms with Crippen LogP contribution in [0.15, 0.2) is 0 Å². The minimum atomic E-state index is 0.169. The van der Waals surface area contributed by atoms with Crippen LogP contribution in [0.4, 0.5) is 0 Å². The van der Waals surface area contributed by atoms with Gasteiger partial charge in [0.15, 0.2) is 0 Å². The van der Waals surface area contributed by atoms with Crippen molar-refractivity contribution >= 4 is 0 Å². The average molecular weight is 236 g/mol. The number of nitriles is 1. The van der Waals surface area contributed by atoms with E-state index in [1.165, 1.54) is 25.7 Å². The van der Waals surface area contributed by atoms with Crippen LogP contribution < -0.4 is 0 Å². The lowest BCUT2D eigenvalue weighted by Crippen LogP contribution is -2.52. The topological polar surface area (TPSA) is 36.3 Å². The van der Waals surface area contributed by atoms with Crippen LogP contribution >= 0.6 is 0 Å². The van der Waals surface area contributed by atoms with Gasteiger partial charge in [-0.05, 0) is 51.4 Å². The highest BCUT2D eigenvalue weighted by Crippen LogP contribution is 2.37. The van der Waals surface area contributed by atoms with Crippen molar-refractivity contribution in [2.24, 2.45) is 5.92 Å². The molecule has 1 saturated heterocycles. The lowest BCUT2D eigenvalue weighted by Gasteiger charge is -2.47. The maximum Gasteiger partial charge on any atom is 0.286 e. The molecule has 1 aliphatic heterocycles. The van der Waals surface area contributed by atoms with Crippen molar-refractivity contribution in [2.45, 2.75) is 64.0 Å². The Hall–Kier alpha value is -0.750. The Morgan fingerprint density at radius 1 is 1.18 bits per heavy atom. The van der Waals surface area contributed by atoms with E-state index in [9.17, 15) is 0 Å². The molecule has 0 N–H and O–H groups in total. The zero-order valence-corrected chi connectivity index (χ0v) is 11.1. The third-order valence-corrected chi connectivity index (χ3v) is 4.78. The summed E-state index contributed by atoms with van der Waals surface area (Å²) in [7, 11) is 0. The first-order valence-electron chi connectivity index (χ1n) is 6.94. The van der Waals surface area contributed by atoms with E-state index in [-0.39, 0.29) is 6.10 Å². The Labute approximate surface area is 105 Å². The van der Waals surface area contributed by atoms with Crippen LogP contribution in [-0.2, 0) is 4.74 Å². The maximum atomic E-state index is 8.53. The summed E-state index contributed by atoms with van der Waals surface area (Å²) in [5.41, 5.74) is 0.407. The third kappa shape index (κ3) is 2.93. The molecule has 0 radical (unpaired) electrons. The first-order chi connectivity index (χ1) is 8.14. The number of rotatable bonds is 2. The van der Waals surface area contributed by atoms with Crippen LogP contribution in [0.1, 0.15) is 52.4 Å². The molecule has 1 heterocycles. The zero-order valence-electron chi connectivity index (χ0n) is 11.1. The molecule has 1 aliphatic carbocycles. The molecule has 0 aromatic heterocycles. The smallest absolute Gasteiger partial charge is 0.286 e. The molecule has 2 rings (SSSR count). The molecule has 0 unspecified atom stereocenters. The minimum absolute atomic E-state index is 0.169. The lowest BCUT2D eigenvalue weighted by molar-refractivity contribution is -0.00218. The van der Waals surface area contributed by atoms with Crippen LogP contribution in [0.2, 0.25) is 0 Å². The molecule has 3 nitrogen and oxygen atoms in total. The normalized spacial score (nSPS) is 36.4. The first kappa shape index (κ1) is 12.7. The quantitative estimate of drug-likeness (QED) is 0.692. The van der Waals surface area contributed by atoms with Crippen LogP contribution in [0.3, 0.4) is 0 Å². The van der Waals surface area contributed by atoms with E-state index in [1.807, 2.05) is 6.26 Å². The van der Waals surface area contributed by atoms with Gasteiger partial charge in [-0.15, -0.1) is 0 Å². The number of hydrogen-bond acceptors (Lipinski definition) is 3. The molecule has 0 aromatic rings. The fourth-order valence-electron chi connectivity index (χ4n) is 3.29. The summed E-state index contributed by atoms with van der Waals surface area (Å²) < 4.78 is 5.05. The fourth-order valence-corrected chi connectivity index (χ4v) is 3.29. The number of piperidine rings is 1. The Kier molecular flexibility index (Phi) is 3.93. The molecule has 1 saturated carbocycles. The number of hydrogen-bond donors (Lipinski definition) is 0. The molecule has 0 aromatic carbocycles. The van der Waals surface area contributed by atoms with Gasteiger partial charge in [0, 0.05) is 18.6 Å². The second-order valence-corrected chi connectivity index (χ2v) is 6.08. The predicted molar refractivity (Wildman–Crippen MR) is 67.3 cm³/mol. The van der Waals surface area contributed by atoms with Crippen molar-refractivity contribution in [3.8, 4) is 6.26 Å². The molecule has 96 valence electrons. The van der Waals surface area contributed by atoms with E-state index in [1.54, 1.807) is 0 Å². The highest BCUT2D eigenvalue weighted by Gasteiger charge is 2.37. The highest BCUT2D eigenvalue weighted by molar-refractivity contribution is 4.92. The number of nitrogens with zero attached hydrogens (tertiary/aromatic N) is 2. The van der Waals surface area contributed by atoms with E-state index in [4.69, 9.17) is 10.00 Å². The van der Waals surface area contributed by atoms with E-state index >= 15 is 0 Å². The molecule has 2 fully saturated rings. The Morgan fingerprint density at radius 2 is 1.76 bits per heavy atom. The van der Waals surface area contributed by atoms with Gasteiger partial charge < -0.3 is 4.74 Å². The van der Waals surface area contributed by atoms with E-state index < -0.39 is 0 Å². The van der Waals surface area contributed by atoms with Gasteiger partial charge in [0.2, 0.25) is 0 Å². The number of ether oxygens (including phenoxy) is 1. The van der Waals surface area contributed by atoms with E-state index in [0.717, 1.165) is 31.8 Å². The standard InChI is InChI=1S/C14H24N2O/c1-12-3-7-14(2,8-4-12)16-9-5-13(6-10-16)17-11-15/h12-13H,3-10H2,1-2H3. The van der Waals surface area contributed by atoms with Crippen LogP contribution in [0.5, 0.6) is 0 Å². The summed E-state index contributed by atoms with van der Waals surface area (Å²) in [4.78, 5) is 2.64. The average Bonchev–Trinajstić information content (AvgIpc) is 2.35. The van der Waals surface area contributed by atoms with Crippen molar-refractivity contribution in [1.82, 2.24) is 4.90 Å². The van der Waals surface area contributed by atoms with Gasteiger partial charge in [0.25, 0.3) is 6.26 Å². The lowest BCUT2D eigenvalue weighted by atomic mass is 9.76. The summed E-state index contributed by atoms with van der Waals surface area (Å²) >= 11 is 0. The van der Waals surface area contributed by atoms with Crippen molar-refractivity contribution < 1.29 is 4.74 Å². The molecular formula is C14H24N2O. The van der Waals surface area contributed by atoms with Crippen molar-refractivity contribution in [2.75, 3.05) is 13.1 Å². The van der Waals surface area contributed by atoms with E-state index in [0.29, 0.717) is 5.54 Å². The summed E-state index contributed by atoms with van der Waals surface area (Å²) in [5.74, 6) is 0.905. The first-order valence-corrected chi connectivity index (χ1v) is 6.94. The van der Waals surface area contributed by atoms with Gasteiger partial charge >= 0.3 is 0 Å². The predicted octanol–water partition coefficient (Wildman–Crippen LogP) is 2.92. The molecular weight excluding hydrogens is 212 g/mol. The van der Waals surface area contributed by atoms with Gasteiger partial charge in [-0.3, -0.25) is 4.90 Å². The van der Waals surface area contributed by atoms with Crippen LogP contribution in [0.25, 0.3) is 0 Å². The maximum absolute atomic E-state index is 8.53. The Balaban J connectivity index is 1.86. The van der Waals surface area contributed by atoms with Crippen LogP contribution in [0, 0.1) is 17.4 Å². The second kappa shape index (κ2) is 5.27. The SMILES string of the molecule is CC1CCC(C)(N2CCC(OC#N)CC2)CC1. The molecule has 0 amide bonds. The van der Waals surface area contributed by atoms with Gasteiger partial charge in [-0.25, -0.2) is 0 Å². The Bertz CT molecular complexity index is 281.